The van der Waals surface area contributed by atoms with Crippen molar-refractivity contribution in [1.82, 2.24) is 14.9 Å². The van der Waals surface area contributed by atoms with Gasteiger partial charge in [-0.05, 0) is 40.5 Å². The highest BCUT2D eigenvalue weighted by Gasteiger charge is 2.33. The molecule has 0 aromatic carbocycles. The molecule has 1 fully saturated rings. The normalized spacial score (nSPS) is 23.0. The number of nitrogens with zero attached hydrogens (tertiary/aromatic N) is 3. The molecule has 1 saturated heterocycles. The number of likely N-dealkylation sites (tertiary alicyclic amines) is 1. The van der Waals surface area contributed by atoms with Gasteiger partial charge >= 0.3 is 6.09 Å². The molecule has 0 saturated carbocycles. The van der Waals surface area contributed by atoms with Crippen LogP contribution in [0.15, 0.2) is 12.4 Å². The van der Waals surface area contributed by atoms with Gasteiger partial charge < -0.3 is 9.64 Å². The van der Waals surface area contributed by atoms with E-state index < -0.39 is 5.60 Å². The van der Waals surface area contributed by atoms with E-state index in [1.807, 2.05) is 27.7 Å². The van der Waals surface area contributed by atoms with Crippen LogP contribution in [0.1, 0.15) is 52.3 Å². The topological polar surface area (TPSA) is 55.3 Å². The van der Waals surface area contributed by atoms with Crippen LogP contribution >= 0.6 is 11.6 Å². The minimum atomic E-state index is -0.465. The molecule has 2 atom stereocenters. The highest BCUT2D eigenvalue weighted by atomic mass is 35.5. The Labute approximate surface area is 130 Å². The van der Waals surface area contributed by atoms with Crippen LogP contribution in [0.4, 0.5) is 4.79 Å². The van der Waals surface area contributed by atoms with Crippen molar-refractivity contribution in [2.75, 3.05) is 6.54 Å². The van der Waals surface area contributed by atoms with Crippen molar-refractivity contribution < 1.29 is 9.53 Å². The number of halogens is 1. The van der Waals surface area contributed by atoms with Gasteiger partial charge in [-0.2, -0.15) is 0 Å². The maximum atomic E-state index is 12.2. The van der Waals surface area contributed by atoms with Gasteiger partial charge in [0.2, 0.25) is 0 Å². The van der Waals surface area contributed by atoms with E-state index in [0.717, 1.165) is 18.7 Å². The standard InChI is InChI=1S/C15H22ClN3O2/c1-10-7-11(13-17-8-12(16)9-18-13)5-6-19(10)14(20)21-15(2,3)4/h8-11H,5-7H2,1-4H3/t10-,11?/m1/s1. The summed E-state index contributed by atoms with van der Waals surface area (Å²) in [5.74, 6) is 1.06. The molecule has 2 heterocycles. The molecule has 5 nitrogen and oxygen atoms in total. The molecule has 116 valence electrons. The summed E-state index contributed by atoms with van der Waals surface area (Å²) < 4.78 is 5.44. The molecule has 1 aromatic heterocycles. The van der Waals surface area contributed by atoms with Gasteiger partial charge in [0.15, 0.2) is 0 Å². The zero-order valence-electron chi connectivity index (χ0n) is 13.0. The maximum Gasteiger partial charge on any atom is 0.410 e. The van der Waals surface area contributed by atoms with Crippen LogP contribution in [-0.2, 0) is 4.74 Å². The Morgan fingerprint density at radius 3 is 2.52 bits per heavy atom. The molecule has 0 spiro atoms. The second kappa shape index (κ2) is 6.18. The number of rotatable bonds is 1. The predicted molar refractivity (Wildman–Crippen MR) is 81.4 cm³/mol. The van der Waals surface area contributed by atoms with Gasteiger partial charge in [0.1, 0.15) is 11.4 Å². The molecule has 0 N–H and O–H groups in total. The van der Waals surface area contributed by atoms with Crippen molar-refractivity contribution >= 4 is 17.7 Å². The average Bonchev–Trinajstić information content (AvgIpc) is 2.37. The van der Waals surface area contributed by atoms with E-state index >= 15 is 0 Å². The lowest BCUT2D eigenvalue weighted by Gasteiger charge is -2.37. The Hall–Kier alpha value is -1.36. The molecule has 1 amide bonds. The Morgan fingerprint density at radius 2 is 2.00 bits per heavy atom. The van der Waals surface area contributed by atoms with Crippen LogP contribution in [0.25, 0.3) is 0 Å². The van der Waals surface area contributed by atoms with Crippen molar-refractivity contribution in [2.45, 2.75) is 58.1 Å². The smallest absolute Gasteiger partial charge is 0.410 e. The first kappa shape index (κ1) is 16.0. The summed E-state index contributed by atoms with van der Waals surface area (Å²) in [5.41, 5.74) is -0.465. The summed E-state index contributed by atoms with van der Waals surface area (Å²) in [4.78, 5) is 22.5. The first-order valence-electron chi connectivity index (χ1n) is 7.23. The third-order valence-electron chi connectivity index (χ3n) is 3.51. The average molecular weight is 312 g/mol. The lowest BCUT2D eigenvalue weighted by atomic mass is 9.91. The third kappa shape index (κ3) is 4.30. The van der Waals surface area contributed by atoms with Crippen molar-refractivity contribution in [3.05, 3.63) is 23.2 Å². The van der Waals surface area contributed by atoms with Crippen LogP contribution in [0.3, 0.4) is 0 Å². The molecular formula is C15H22ClN3O2. The highest BCUT2D eigenvalue weighted by molar-refractivity contribution is 6.30. The van der Waals surface area contributed by atoms with Crippen molar-refractivity contribution in [3.63, 3.8) is 0 Å². The molecule has 2 rings (SSSR count). The number of hydrogen-bond donors (Lipinski definition) is 0. The minimum Gasteiger partial charge on any atom is -0.444 e. The van der Waals surface area contributed by atoms with Crippen LogP contribution < -0.4 is 0 Å². The van der Waals surface area contributed by atoms with E-state index in [-0.39, 0.29) is 18.1 Å². The molecule has 1 aromatic rings. The molecule has 21 heavy (non-hydrogen) atoms. The fourth-order valence-corrected chi connectivity index (χ4v) is 2.63. The number of piperidine rings is 1. The quantitative estimate of drug-likeness (QED) is 0.794. The Morgan fingerprint density at radius 1 is 1.38 bits per heavy atom. The second-order valence-electron chi connectivity index (χ2n) is 6.50. The first-order chi connectivity index (χ1) is 9.76. The largest absolute Gasteiger partial charge is 0.444 e. The molecule has 1 unspecified atom stereocenters. The lowest BCUT2D eigenvalue weighted by Crippen LogP contribution is -2.46. The SMILES string of the molecule is C[C@@H]1CC(c2ncc(Cl)cn2)CCN1C(=O)OC(C)(C)C. The maximum absolute atomic E-state index is 12.2. The van der Waals surface area contributed by atoms with Gasteiger partial charge in [0.05, 0.1) is 5.02 Å². The molecule has 0 bridgehead atoms. The number of aromatic nitrogens is 2. The number of carbonyl (C=O) groups is 1. The van der Waals surface area contributed by atoms with Crippen molar-refractivity contribution in [2.24, 2.45) is 0 Å². The second-order valence-corrected chi connectivity index (χ2v) is 6.94. The molecule has 6 heteroatoms. The molecule has 0 radical (unpaired) electrons. The Kier molecular flexibility index (Phi) is 4.71. The highest BCUT2D eigenvalue weighted by Crippen LogP contribution is 2.30. The van der Waals surface area contributed by atoms with E-state index in [1.165, 1.54) is 0 Å². The zero-order valence-corrected chi connectivity index (χ0v) is 13.7. The number of hydrogen-bond acceptors (Lipinski definition) is 4. The first-order valence-corrected chi connectivity index (χ1v) is 7.61. The number of carbonyl (C=O) groups excluding carboxylic acids is 1. The van der Waals surface area contributed by atoms with Crippen molar-refractivity contribution in [3.8, 4) is 0 Å². The fourth-order valence-electron chi connectivity index (χ4n) is 2.53. The van der Waals surface area contributed by atoms with Gasteiger partial charge in [-0.15, -0.1) is 0 Å². The van der Waals surface area contributed by atoms with E-state index in [0.29, 0.717) is 11.6 Å². The monoisotopic (exact) mass is 311 g/mol. The van der Waals surface area contributed by atoms with Crippen LogP contribution in [0.2, 0.25) is 5.02 Å². The number of ether oxygens (including phenoxy) is 1. The fraction of sp³-hybridized carbons (Fsp3) is 0.667. The van der Waals surface area contributed by atoms with Gasteiger partial charge in [-0.3, -0.25) is 0 Å². The molecule has 1 aliphatic heterocycles. The Balaban J connectivity index is 1.99. The van der Waals surface area contributed by atoms with E-state index in [1.54, 1.807) is 17.3 Å². The van der Waals surface area contributed by atoms with Crippen LogP contribution in [-0.4, -0.2) is 39.1 Å². The van der Waals surface area contributed by atoms with Gasteiger partial charge in [-0.25, -0.2) is 14.8 Å². The third-order valence-corrected chi connectivity index (χ3v) is 3.70. The van der Waals surface area contributed by atoms with E-state index in [9.17, 15) is 4.79 Å². The summed E-state index contributed by atoms with van der Waals surface area (Å²) in [6.45, 7) is 8.33. The minimum absolute atomic E-state index is 0.109. The molecular weight excluding hydrogens is 290 g/mol. The summed E-state index contributed by atoms with van der Waals surface area (Å²) in [7, 11) is 0. The predicted octanol–water partition coefficient (Wildman–Crippen LogP) is 3.63. The van der Waals surface area contributed by atoms with Gasteiger partial charge in [0, 0.05) is 30.9 Å². The van der Waals surface area contributed by atoms with Gasteiger partial charge in [0.25, 0.3) is 0 Å². The number of amides is 1. The van der Waals surface area contributed by atoms with E-state index in [2.05, 4.69) is 9.97 Å². The van der Waals surface area contributed by atoms with Gasteiger partial charge in [-0.1, -0.05) is 11.6 Å². The molecule has 0 aliphatic carbocycles. The van der Waals surface area contributed by atoms with Crippen LogP contribution in [0, 0.1) is 0 Å². The van der Waals surface area contributed by atoms with Crippen LogP contribution in [0.5, 0.6) is 0 Å². The summed E-state index contributed by atoms with van der Waals surface area (Å²) in [6.07, 6.45) is 4.67. The van der Waals surface area contributed by atoms with E-state index in [4.69, 9.17) is 16.3 Å². The zero-order chi connectivity index (χ0) is 15.6. The summed E-state index contributed by atoms with van der Waals surface area (Å²) in [5, 5.41) is 0.540. The molecule has 1 aliphatic rings. The summed E-state index contributed by atoms with van der Waals surface area (Å²) in [6, 6.07) is 0.109. The summed E-state index contributed by atoms with van der Waals surface area (Å²) >= 11 is 5.81. The van der Waals surface area contributed by atoms with Crippen molar-refractivity contribution in [1.29, 1.82) is 0 Å². The lowest BCUT2D eigenvalue weighted by molar-refractivity contribution is 0.0101. The Bertz CT molecular complexity index is 499.